The number of sulfonamides is 1. The first-order chi connectivity index (χ1) is 7.57. The summed E-state index contributed by atoms with van der Waals surface area (Å²) < 4.78 is 25.0. The second kappa shape index (κ2) is 5.54. The van der Waals surface area contributed by atoms with Gasteiger partial charge in [0.1, 0.15) is 6.61 Å². The highest BCUT2D eigenvalue weighted by atomic mass is 32.2. The fourth-order valence-corrected chi connectivity index (χ4v) is 1.68. The Labute approximate surface area is 95.4 Å². The van der Waals surface area contributed by atoms with Crippen molar-refractivity contribution in [2.45, 2.75) is 6.92 Å². The van der Waals surface area contributed by atoms with Gasteiger partial charge in [0.2, 0.25) is 10.0 Å². The molecular weight excluding hydrogens is 226 g/mol. The molecule has 0 fully saturated rings. The molecule has 0 aliphatic carbocycles. The van der Waals surface area contributed by atoms with Crippen molar-refractivity contribution >= 4 is 15.7 Å². The number of aliphatic hydroxyl groups excluding tert-OH is 1. The molecule has 0 saturated heterocycles. The predicted octanol–water partition coefficient (Wildman–Crippen LogP) is 0.792. The Morgan fingerprint density at radius 2 is 2.19 bits per heavy atom. The fraction of sp³-hybridized carbons (Fsp3) is 0.273. The van der Waals surface area contributed by atoms with Crippen LogP contribution in [-0.2, 0) is 10.0 Å². The zero-order chi connectivity index (χ0) is 12.0. The lowest BCUT2D eigenvalue weighted by molar-refractivity contribution is 0.350. The topological polar surface area (TPSA) is 66.4 Å². The molecule has 0 heterocycles. The molecule has 0 atom stereocenters. The molecule has 1 aromatic rings. The highest BCUT2D eigenvalue weighted by molar-refractivity contribution is 7.92. The van der Waals surface area contributed by atoms with Crippen molar-refractivity contribution in [2.75, 3.05) is 17.1 Å². The summed E-state index contributed by atoms with van der Waals surface area (Å²) in [5, 5.41) is 8.54. The zero-order valence-corrected chi connectivity index (χ0v) is 9.71. The van der Waals surface area contributed by atoms with E-state index in [1.807, 2.05) is 0 Å². The molecule has 0 saturated carbocycles. The van der Waals surface area contributed by atoms with Crippen molar-refractivity contribution in [3.63, 3.8) is 0 Å². The van der Waals surface area contributed by atoms with Crippen LogP contribution >= 0.6 is 0 Å². The minimum Gasteiger partial charge on any atom is -0.384 e. The summed E-state index contributed by atoms with van der Waals surface area (Å²) in [6.07, 6.45) is 0. The maximum Gasteiger partial charge on any atom is 0.232 e. The number of aliphatic hydroxyl groups is 1. The summed E-state index contributed by atoms with van der Waals surface area (Å²) >= 11 is 0. The molecule has 0 amide bonds. The number of hydrogen-bond acceptors (Lipinski definition) is 3. The first-order valence-electron chi connectivity index (χ1n) is 4.77. The van der Waals surface area contributed by atoms with E-state index < -0.39 is 10.0 Å². The molecule has 1 rings (SSSR count). The SMILES string of the molecule is CCS(=O)(=O)Nc1cccc(C#CCO)c1. The Hall–Kier alpha value is -1.51. The third-order valence-corrected chi connectivity index (χ3v) is 3.13. The van der Waals surface area contributed by atoms with E-state index >= 15 is 0 Å². The minimum absolute atomic E-state index is 0.0273. The van der Waals surface area contributed by atoms with Crippen LogP contribution in [0.15, 0.2) is 24.3 Å². The second-order valence-electron chi connectivity index (χ2n) is 3.05. The standard InChI is InChI=1S/C11H13NO3S/c1-2-16(14,15)12-11-7-3-5-10(9-11)6-4-8-13/h3,5,7,9,12-13H,2,8H2,1H3. The summed E-state index contributed by atoms with van der Waals surface area (Å²) in [5.74, 6) is 5.23. The Kier molecular flexibility index (Phi) is 4.35. The molecular formula is C11H13NO3S. The molecule has 5 heteroatoms. The highest BCUT2D eigenvalue weighted by Gasteiger charge is 2.05. The number of benzene rings is 1. The van der Waals surface area contributed by atoms with E-state index in [0.717, 1.165) is 0 Å². The van der Waals surface area contributed by atoms with E-state index in [9.17, 15) is 8.42 Å². The van der Waals surface area contributed by atoms with Gasteiger partial charge >= 0.3 is 0 Å². The van der Waals surface area contributed by atoms with E-state index in [0.29, 0.717) is 11.3 Å². The van der Waals surface area contributed by atoms with Crippen molar-refractivity contribution < 1.29 is 13.5 Å². The molecule has 0 bridgehead atoms. The van der Waals surface area contributed by atoms with Gasteiger partial charge in [-0.1, -0.05) is 17.9 Å². The van der Waals surface area contributed by atoms with Crippen LogP contribution in [0.25, 0.3) is 0 Å². The average Bonchev–Trinajstić information content (AvgIpc) is 2.26. The van der Waals surface area contributed by atoms with Gasteiger partial charge in [0.25, 0.3) is 0 Å². The first kappa shape index (κ1) is 12.6. The summed E-state index contributed by atoms with van der Waals surface area (Å²) in [4.78, 5) is 0. The molecule has 0 unspecified atom stereocenters. The average molecular weight is 239 g/mol. The van der Waals surface area contributed by atoms with Gasteiger partial charge in [0.15, 0.2) is 0 Å². The molecule has 0 aliphatic rings. The van der Waals surface area contributed by atoms with Crippen LogP contribution in [0.3, 0.4) is 0 Å². The molecule has 0 aromatic heterocycles. The maximum atomic E-state index is 11.3. The van der Waals surface area contributed by atoms with Crippen molar-refractivity contribution in [3.05, 3.63) is 29.8 Å². The van der Waals surface area contributed by atoms with Crippen LogP contribution in [-0.4, -0.2) is 25.9 Å². The number of rotatable bonds is 3. The summed E-state index contributed by atoms with van der Waals surface area (Å²) in [5.41, 5.74) is 1.14. The largest absolute Gasteiger partial charge is 0.384 e. The van der Waals surface area contributed by atoms with Gasteiger partial charge in [-0.15, -0.1) is 0 Å². The molecule has 0 aliphatic heterocycles. The molecule has 0 spiro atoms. The van der Waals surface area contributed by atoms with Crippen LogP contribution in [0.2, 0.25) is 0 Å². The van der Waals surface area contributed by atoms with E-state index in [-0.39, 0.29) is 12.4 Å². The van der Waals surface area contributed by atoms with Gasteiger partial charge < -0.3 is 5.11 Å². The summed E-state index contributed by atoms with van der Waals surface area (Å²) in [6.45, 7) is 1.35. The minimum atomic E-state index is -3.26. The van der Waals surface area contributed by atoms with E-state index in [1.54, 1.807) is 31.2 Å². The molecule has 86 valence electrons. The molecule has 0 radical (unpaired) electrons. The van der Waals surface area contributed by atoms with Gasteiger partial charge in [-0.25, -0.2) is 8.42 Å². The van der Waals surface area contributed by atoms with Gasteiger partial charge in [-0.05, 0) is 25.1 Å². The van der Waals surface area contributed by atoms with Crippen molar-refractivity contribution in [3.8, 4) is 11.8 Å². The Bertz CT molecular complexity index is 512. The molecule has 2 N–H and O–H groups in total. The van der Waals surface area contributed by atoms with Crippen LogP contribution in [0.1, 0.15) is 12.5 Å². The summed E-state index contributed by atoms with van der Waals surface area (Å²) in [6, 6.07) is 6.72. The van der Waals surface area contributed by atoms with Crippen molar-refractivity contribution in [1.82, 2.24) is 0 Å². The molecule has 16 heavy (non-hydrogen) atoms. The van der Waals surface area contributed by atoms with Crippen molar-refractivity contribution in [2.24, 2.45) is 0 Å². The summed E-state index contributed by atoms with van der Waals surface area (Å²) in [7, 11) is -3.26. The number of anilines is 1. The van der Waals surface area contributed by atoms with Gasteiger partial charge in [-0.3, -0.25) is 4.72 Å². The Balaban J connectivity index is 2.91. The smallest absolute Gasteiger partial charge is 0.232 e. The lowest BCUT2D eigenvalue weighted by Crippen LogP contribution is -2.14. The van der Waals surface area contributed by atoms with Gasteiger partial charge in [0.05, 0.1) is 5.75 Å². The monoisotopic (exact) mass is 239 g/mol. The van der Waals surface area contributed by atoms with Crippen LogP contribution < -0.4 is 4.72 Å². The zero-order valence-electron chi connectivity index (χ0n) is 8.90. The van der Waals surface area contributed by atoms with Gasteiger partial charge in [0, 0.05) is 11.3 Å². The quantitative estimate of drug-likeness (QED) is 0.766. The fourth-order valence-electron chi connectivity index (χ4n) is 1.05. The van der Waals surface area contributed by atoms with Gasteiger partial charge in [-0.2, -0.15) is 0 Å². The number of hydrogen-bond donors (Lipinski definition) is 2. The highest BCUT2D eigenvalue weighted by Crippen LogP contribution is 2.11. The van der Waals surface area contributed by atoms with Crippen LogP contribution in [0.4, 0.5) is 5.69 Å². The first-order valence-corrected chi connectivity index (χ1v) is 6.43. The second-order valence-corrected chi connectivity index (χ2v) is 5.06. The maximum absolute atomic E-state index is 11.3. The lowest BCUT2D eigenvalue weighted by Gasteiger charge is -2.05. The number of nitrogens with one attached hydrogen (secondary N) is 1. The van der Waals surface area contributed by atoms with E-state index in [1.165, 1.54) is 0 Å². The Morgan fingerprint density at radius 3 is 2.81 bits per heavy atom. The normalized spacial score (nSPS) is 10.4. The predicted molar refractivity (Wildman–Crippen MR) is 63.5 cm³/mol. The van der Waals surface area contributed by atoms with Crippen LogP contribution in [0, 0.1) is 11.8 Å². The lowest BCUT2D eigenvalue weighted by atomic mass is 10.2. The third-order valence-electron chi connectivity index (χ3n) is 1.83. The van der Waals surface area contributed by atoms with E-state index in [2.05, 4.69) is 16.6 Å². The van der Waals surface area contributed by atoms with E-state index in [4.69, 9.17) is 5.11 Å². The van der Waals surface area contributed by atoms with Crippen LogP contribution in [0.5, 0.6) is 0 Å². The Morgan fingerprint density at radius 1 is 1.44 bits per heavy atom. The molecule has 4 nitrogen and oxygen atoms in total. The van der Waals surface area contributed by atoms with Crippen molar-refractivity contribution in [1.29, 1.82) is 0 Å². The third kappa shape index (κ3) is 3.93. The molecule has 1 aromatic carbocycles.